The number of aromatic hydroxyl groups is 1. The number of hydrogen-bond acceptors (Lipinski definition) is 8. The Bertz CT molecular complexity index is 1450. The zero-order valence-electron chi connectivity index (χ0n) is 17.0. The molecule has 10 heteroatoms. The average molecular weight is 451 g/mol. The molecule has 1 aliphatic heterocycles. The highest BCUT2D eigenvalue weighted by molar-refractivity contribution is 7.07. The van der Waals surface area contributed by atoms with Crippen LogP contribution in [0.4, 0.5) is 5.69 Å². The van der Waals surface area contributed by atoms with E-state index >= 15 is 0 Å². The number of nitro groups is 1. The largest absolute Gasteiger partial charge is 0.507 e. The van der Waals surface area contributed by atoms with E-state index in [9.17, 15) is 24.8 Å². The first-order chi connectivity index (χ1) is 15.3. The van der Waals surface area contributed by atoms with Crippen LogP contribution >= 0.6 is 11.3 Å². The Morgan fingerprint density at radius 3 is 2.66 bits per heavy atom. The third-order valence-corrected chi connectivity index (χ3v) is 6.03. The number of non-ortho nitro benzene ring substituents is 1. The van der Waals surface area contributed by atoms with Crippen LogP contribution < -0.4 is 14.9 Å². The maximum atomic E-state index is 13.4. The highest BCUT2D eigenvalue weighted by atomic mass is 32.1. The average Bonchev–Trinajstić information content (AvgIpc) is 3.08. The van der Waals surface area contributed by atoms with E-state index in [1.807, 2.05) is 6.07 Å². The van der Waals surface area contributed by atoms with Crippen LogP contribution in [0.5, 0.6) is 5.75 Å². The number of nitro benzene ring substituents is 1. The van der Waals surface area contributed by atoms with E-state index in [1.165, 1.54) is 36.0 Å². The van der Waals surface area contributed by atoms with Crippen molar-refractivity contribution in [1.29, 1.82) is 0 Å². The maximum absolute atomic E-state index is 13.4. The van der Waals surface area contributed by atoms with Gasteiger partial charge in [0.15, 0.2) is 4.80 Å². The number of aromatic nitrogens is 1. The number of ether oxygens (including phenoxy) is 1. The number of esters is 1. The molecule has 3 aromatic rings. The van der Waals surface area contributed by atoms with Gasteiger partial charge in [-0.15, -0.1) is 0 Å². The van der Waals surface area contributed by atoms with Gasteiger partial charge in [0.25, 0.3) is 11.2 Å². The quantitative estimate of drug-likeness (QED) is 0.368. The first kappa shape index (κ1) is 21.2. The number of allylic oxidation sites excluding steroid dienone is 1. The number of phenolic OH excluding ortho intramolecular Hbond substituents is 1. The summed E-state index contributed by atoms with van der Waals surface area (Å²) < 4.78 is 6.56. The Morgan fingerprint density at radius 1 is 1.28 bits per heavy atom. The topological polar surface area (TPSA) is 124 Å². The Morgan fingerprint density at radius 2 is 2.00 bits per heavy atom. The fourth-order valence-electron chi connectivity index (χ4n) is 3.56. The molecule has 0 spiro atoms. The molecule has 9 nitrogen and oxygen atoms in total. The Labute approximate surface area is 185 Å². The lowest BCUT2D eigenvalue weighted by atomic mass is 9.96. The SMILES string of the molecule is COC(=O)C1=C(C)N=c2s/c(=C\c3cc([N+](=O)[O-])ccc3O)c(=O)n2[C@H]1c1ccccc1. The van der Waals surface area contributed by atoms with Crippen molar-refractivity contribution in [1.82, 2.24) is 4.57 Å². The molecule has 4 rings (SSSR count). The van der Waals surface area contributed by atoms with E-state index in [0.29, 0.717) is 16.1 Å². The molecular weight excluding hydrogens is 434 g/mol. The molecule has 0 radical (unpaired) electrons. The number of methoxy groups -OCH3 is 1. The van der Waals surface area contributed by atoms with Crippen molar-refractivity contribution in [2.45, 2.75) is 13.0 Å². The molecule has 0 fully saturated rings. The van der Waals surface area contributed by atoms with Crippen LogP contribution in [-0.2, 0) is 9.53 Å². The minimum Gasteiger partial charge on any atom is -0.507 e. The number of benzene rings is 2. The van der Waals surface area contributed by atoms with Gasteiger partial charge in [0.1, 0.15) is 5.75 Å². The molecule has 0 saturated heterocycles. The smallest absolute Gasteiger partial charge is 0.338 e. The number of carbonyl (C=O) groups excluding carboxylic acids is 1. The fraction of sp³-hybridized carbons (Fsp3) is 0.136. The van der Waals surface area contributed by atoms with E-state index in [4.69, 9.17) is 4.74 Å². The first-order valence-electron chi connectivity index (χ1n) is 9.45. The highest BCUT2D eigenvalue weighted by Crippen LogP contribution is 2.30. The van der Waals surface area contributed by atoms with Crippen molar-refractivity contribution in [3.63, 3.8) is 0 Å². The lowest BCUT2D eigenvalue weighted by Gasteiger charge is -2.24. The predicted octanol–water partition coefficient (Wildman–Crippen LogP) is 2.02. The van der Waals surface area contributed by atoms with Crippen LogP contribution in [0.25, 0.3) is 6.08 Å². The molecule has 1 aromatic heterocycles. The van der Waals surface area contributed by atoms with Gasteiger partial charge in [-0.25, -0.2) is 9.79 Å². The number of fused-ring (bicyclic) bond motifs is 1. The Balaban J connectivity index is 1.98. The van der Waals surface area contributed by atoms with Gasteiger partial charge in [-0.3, -0.25) is 19.5 Å². The van der Waals surface area contributed by atoms with Crippen molar-refractivity contribution in [2.75, 3.05) is 7.11 Å². The van der Waals surface area contributed by atoms with Crippen LogP contribution in [0.1, 0.15) is 24.1 Å². The number of hydrogen-bond donors (Lipinski definition) is 1. The minimum atomic E-state index is -0.749. The summed E-state index contributed by atoms with van der Waals surface area (Å²) in [5.74, 6) is -0.793. The molecule has 162 valence electrons. The number of nitrogens with zero attached hydrogens (tertiary/aromatic N) is 3. The van der Waals surface area contributed by atoms with Crippen molar-refractivity contribution < 1.29 is 19.6 Å². The third-order valence-electron chi connectivity index (χ3n) is 5.05. The second-order valence-corrected chi connectivity index (χ2v) is 7.99. The van der Waals surface area contributed by atoms with E-state index in [2.05, 4.69) is 4.99 Å². The Kier molecular flexibility index (Phi) is 5.45. The third kappa shape index (κ3) is 3.60. The molecule has 0 aliphatic carbocycles. The Hall–Kier alpha value is -4.05. The number of carbonyl (C=O) groups is 1. The van der Waals surface area contributed by atoms with Crippen LogP contribution in [-0.4, -0.2) is 27.7 Å². The van der Waals surface area contributed by atoms with Gasteiger partial charge in [0, 0.05) is 17.7 Å². The van der Waals surface area contributed by atoms with Crippen molar-refractivity contribution >= 4 is 29.1 Å². The normalized spacial score (nSPS) is 15.8. The van der Waals surface area contributed by atoms with Crippen LogP contribution in [0, 0.1) is 10.1 Å². The lowest BCUT2D eigenvalue weighted by Crippen LogP contribution is -2.39. The van der Waals surface area contributed by atoms with Gasteiger partial charge in [-0.2, -0.15) is 0 Å². The molecule has 0 saturated carbocycles. The summed E-state index contributed by atoms with van der Waals surface area (Å²) in [7, 11) is 1.26. The van der Waals surface area contributed by atoms with E-state index in [-0.39, 0.29) is 27.1 Å². The van der Waals surface area contributed by atoms with Gasteiger partial charge in [-0.05, 0) is 24.6 Å². The zero-order chi connectivity index (χ0) is 23.0. The second kappa shape index (κ2) is 8.23. The number of thiazole rings is 1. The van der Waals surface area contributed by atoms with Crippen molar-refractivity contribution in [3.05, 3.63) is 101 Å². The molecule has 0 bridgehead atoms. The van der Waals surface area contributed by atoms with Gasteiger partial charge < -0.3 is 9.84 Å². The summed E-state index contributed by atoms with van der Waals surface area (Å²) in [6, 6.07) is 11.8. The van der Waals surface area contributed by atoms with Gasteiger partial charge >= 0.3 is 5.97 Å². The van der Waals surface area contributed by atoms with Crippen LogP contribution in [0.3, 0.4) is 0 Å². The van der Waals surface area contributed by atoms with E-state index in [1.54, 1.807) is 31.2 Å². The summed E-state index contributed by atoms with van der Waals surface area (Å²) in [6.07, 6.45) is 1.38. The van der Waals surface area contributed by atoms with Crippen molar-refractivity contribution in [2.24, 2.45) is 4.99 Å². The number of phenols is 1. The van der Waals surface area contributed by atoms with Crippen molar-refractivity contribution in [3.8, 4) is 5.75 Å². The van der Waals surface area contributed by atoms with Crippen LogP contribution in [0.2, 0.25) is 0 Å². The fourth-order valence-corrected chi connectivity index (χ4v) is 4.59. The molecule has 0 unspecified atom stereocenters. The summed E-state index contributed by atoms with van der Waals surface area (Å²) >= 11 is 1.06. The summed E-state index contributed by atoms with van der Waals surface area (Å²) in [5.41, 5.74) is 0.848. The second-order valence-electron chi connectivity index (χ2n) is 6.98. The molecule has 0 amide bonds. The molecule has 2 heterocycles. The molecule has 1 aliphatic rings. The summed E-state index contributed by atoms with van der Waals surface area (Å²) in [5, 5.41) is 21.2. The lowest BCUT2D eigenvalue weighted by molar-refractivity contribution is -0.384. The van der Waals surface area contributed by atoms with Gasteiger partial charge in [0.2, 0.25) is 0 Å². The van der Waals surface area contributed by atoms with Gasteiger partial charge in [-0.1, -0.05) is 41.7 Å². The first-order valence-corrected chi connectivity index (χ1v) is 10.3. The van der Waals surface area contributed by atoms with Gasteiger partial charge in [0.05, 0.1) is 33.9 Å². The highest BCUT2D eigenvalue weighted by Gasteiger charge is 2.32. The minimum absolute atomic E-state index is 0.129. The van der Waals surface area contributed by atoms with Crippen LogP contribution in [0.15, 0.2) is 69.6 Å². The predicted molar refractivity (Wildman–Crippen MR) is 117 cm³/mol. The molecule has 1 N–H and O–H groups in total. The number of rotatable bonds is 4. The zero-order valence-corrected chi connectivity index (χ0v) is 17.8. The monoisotopic (exact) mass is 451 g/mol. The summed E-state index contributed by atoms with van der Waals surface area (Å²) in [4.78, 5) is 41.3. The van der Waals surface area contributed by atoms with E-state index in [0.717, 1.165) is 11.3 Å². The maximum Gasteiger partial charge on any atom is 0.338 e. The molecule has 1 atom stereocenters. The van der Waals surface area contributed by atoms with E-state index < -0.39 is 22.5 Å². The molecule has 2 aromatic carbocycles. The summed E-state index contributed by atoms with van der Waals surface area (Å²) in [6.45, 7) is 1.67. The molecule has 32 heavy (non-hydrogen) atoms. The molecular formula is C22H17N3O6S. The standard InChI is InChI=1S/C22H17N3O6S/c1-12-18(21(28)31-2)19(13-6-4-3-5-7-13)24-20(27)17(32-22(24)23-12)11-14-10-15(25(29)30)8-9-16(14)26/h3-11,19,26H,1-2H3/b17-11-/t19-/m0/s1.